The van der Waals surface area contributed by atoms with Crippen molar-refractivity contribution in [3.63, 3.8) is 0 Å². The van der Waals surface area contributed by atoms with Crippen molar-refractivity contribution < 1.29 is 9.90 Å². The number of nitrogens with zero attached hydrogens (tertiary/aromatic N) is 2. The Hall–Kier alpha value is -2.11. The second kappa shape index (κ2) is 4.69. The van der Waals surface area contributed by atoms with Gasteiger partial charge >= 0.3 is 0 Å². The van der Waals surface area contributed by atoms with E-state index in [9.17, 15) is 9.90 Å². The Labute approximate surface area is 132 Å². The molecule has 2 aromatic rings. The molecule has 0 fully saturated rings. The highest BCUT2D eigenvalue weighted by atomic mass is 32.2. The van der Waals surface area contributed by atoms with Crippen LogP contribution in [0.25, 0.3) is 0 Å². The summed E-state index contributed by atoms with van der Waals surface area (Å²) < 4.78 is 0. The van der Waals surface area contributed by atoms with Gasteiger partial charge in [0.25, 0.3) is 0 Å². The van der Waals surface area contributed by atoms with Gasteiger partial charge in [0, 0.05) is 18.1 Å². The van der Waals surface area contributed by atoms with E-state index in [4.69, 9.17) is 0 Å². The predicted molar refractivity (Wildman–Crippen MR) is 87.9 cm³/mol. The first kappa shape index (κ1) is 13.5. The maximum Gasteiger partial charge on any atom is 0.225 e. The van der Waals surface area contributed by atoms with E-state index < -0.39 is 11.1 Å². The van der Waals surface area contributed by atoms with Crippen LogP contribution in [0.3, 0.4) is 0 Å². The van der Waals surface area contributed by atoms with Gasteiger partial charge in [0.1, 0.15) is 10.4 Å². The van der Waals surface area contributed by atoms with Crippen LogP contribution in [0.4, 0.5) is 5.69 Å². The second-order valence-corrected chi connectivity index (χ2v) is 6.45. The fraction of sp³-hybridized carbons (Fsp3) is 0.176. The lowest BCUT2D eigenvalue weighted by atomic mass is 10.1. The zero-order chi connectivity index (χ0) is 15.3. The Morgan fingerprint density at radius 3 is 2.59 bits per heavy atom. The van der Waals surface area contributed by atoms with Gasteiger partial charge in [0.15, 0.2) is 0 Å². The predicted octanol–water partition coefficient (Wildman–Crippen LogP) is 2.72. The maximum absolute atomic E-state index is 12.1. The van der Waals surface area contributed by atoms with Gasteiger partial charge < -0.3 is 5.11 Å². The standard InChI is InChI=1S/C17H14N2O2S/c1-11(20)19-14-10-6-5-9-13(14)17(21)16(19)22-15(18-17)12-7-3-2-4-8-12/h2-10,16,21H,1H3/t16-,17-/m1/s1. The highest BCUT2D eigenvalue weighted by molar-refractivity contribution is 8.15. The number of benzene rings is 2. The van der Waals surface area contributed by atoms with Crippen LogP contribution in [0.2, 0.25) is 0 Å². The minimum atomic E-state index is -1.38. The number of para-hydroxylation sites is 1. The van der Waals surface area contributed by atoms with Gasteiger partial charge in [0.05, 0.1) is 5.69 Å². The molecule has 0 aliphatic carbocycles. The third-order valence-corrected chi connectivity index (χ3v) is 5.31. The third kappa shape index (κ3) is 1.76. The molecule has 0 bridgehead atoms. The van der Waals surface area contributed by atoms with Gasteiger partial charge in [0.2, 0.25) is 11.6 Å². The lowest BCUT2D eigenvalue weighted by molar-refractivity contribution is -0.117. The number of aliphatic hydroxyl groups is 1. The number of rotatable bonds is 1. The van der Waals surface area contributed by atoms with E-state index in [-0.39, 0.29) is 5.91 Å². The van der Waals surface area contributed by atoms with Crippen LogP contribution in [-0.4, -0.2) is 21.4 Å². The summed E-state index contributed by atoms with van der Waals surface area (Å²) in [6, 6.07) is 17.1. The molecule has 4 nitrogen and oxygen atoms in total. The molecule has 0 unspecified atom stereocenters. The molecule has 2 atom stereocenters. The first-order chi connectivity index (χ1) is 10.6. The van der Waals surface area contributed by atoms with Crippen LogP contribution in [0.5, 0.6) is 0 Å². The molecule has 2 heterocycles. The van der Waals surface area contributed by atoms with Crippen molar-refractivity contribution in [3.05, 3.63) is 65.7 Å². The smallest absolute Gasteiger partial charge is 0.225 e. The normalized spacial score (nSPS) is 25.6. The zero-order valence-electron chi connectivity index (χ0n) is 11.9. The quantitative estimate of drug-likeness (QED) is 0.881. The molecule has 0 radical (unpaired) electrons. The number of amides is 1. The summed E-state index contributed by atoms with van der Waals surface area (Å²) in [5.74, 6) is -0.0922. The van der Waals surface area contributed by atoms with E-state index in [1.165, 1.54) is 18.7 Å². The zero-order valence-corrected chi connectivity index (χ0v) is 12.7. The summed E-state index contributed by atoms with van der Waals surface area (Å²) in [4.78, 5) is 18.3. The lowest BCUT2D eigenvalue weighted by Gasteiger charge is -2.25. The highest BCUT2D eigenvalue weighted by Gasteiger charge is 2.56. The molecule has 5 heteroatoms. The Balaban J connectivity index is 1.86. The molecule has 0 spiro atoms. The van der Waals surface area contributed by atoms with E-state index in [2.05, 4.69) is 4.99 Å². The van der Waals surface area contributed by atoms with Gasteiger partial charge in [-0.1, -0.05) is 60.3 Å². The van der Waals surface area contributed by atoms with E-state index in [1.807, 2.05) is 54.6 Å². The number of thioether (sulfide) groups is 1. The van der Waals surface area contributed by atoms with Gasteiger partial charge in [-0.2, -0.15) is 0 Å². The van der Waals surface area contributed by atoms with Crippen LogP contribution in [-0.2, 0) is 10.5 Å². The SMILES string of the molecule is CC(=O)N1c2ccccc2[C@]2(O)N=C(c3ccccc3)S[C@@H]12. The van der Waals surface area contributed by atoms with Crippen LogP contribution >= 0.6 is 11.8 Å². The monoisotopic (exact) mass is 310 g/mol. The first-order valence-electron chi connectivity index (χ1n) is 7.05. The highest BCUT2D eigenvalue weighted by Crippen LogP contribution is 2.53. The fourth-order valence-electron chi connectivity index (χ4n) is 3.02. The average Bonchev–Trinajstić information content (AvgIpc) is 2.98. The van der Waals surface area contributed by atoms with E-state index in [0.717, 1.165) is 16.3 Å². The molecule has 22 heavy (non-hydrogen) atoms. The van der Waals surface area contributed by atoms with Gasteiger partial charge in [-0.25, -0.2) is 4.99 Å². The van der Waals surface area contributed by atoms with Gasteiger partial charge in [-0.05, 0) is 6.07 Å². The van der Waals surface area contributed by atoms with Gasteiger partial charge in [-0.15, -0.1) is 0 Å². The molecule has 0 saturated heterocycles. The molecule has 0 aromatic heterocycles. The molecule has 2 aliphatic rings. The van der Waals surface area contributed by atoms with Crippen LogP contribution in [0.1, 0.15) is 18.1 Å². The molecule has 1 N–H and O–H groups in total. The molecule has 4 rings (SSSR count). The third-order valence-electron chi connectivity index (χ3n) is 3.99. The van der Waals surface area contributed by atoms with Crippen molar-refractivity contribution in [1.29, 1.82) is 0 Å². The largest absolute Gasteiger partial charge is 0.363 e. The number of anilines is 1. The Morgan fingerprint density at radius 2 is 1.86 bits per heavy atom. The molecular formula is C17H14N2O2S. The van der Waals surface area contributed by atoms with E-state index in [0.29, 0.717) is 5.56 Å². The minimum absolute atomic E-state index is 0.0922. The summed E-state index contributed by atoms with van der Waals surface area (Å²) in [5, 5.41) is 11.4. The Kier molecular flexibility index (Phi) is 2.89. The number of hydrogen-bond donors (Lipinski definition) is 1. The van der Waals surface area contributed by atoms with Crippen molar-refractivity contribution in [2.75, 3.05) is 4.90 Å². The summed E-state index contributed by atoms with van der Waals surface area (Å²) in [5.41, 5.74) is 1.01. The number of hydrogen-bond acceptors (Lipinski definition) is 4. The molecule has 2 aromatic carbocycles. The number of carbonyl (C=O) groups is 1. The Morgan fingerprint density at radius 1 is 1.18 bits per heavy atom. The average molecular weight is 310 g/mol. The molecule has 1 amide bonds. The van der Waals surface area contributed by atoms with Gasteiger partial charge in [-0.3, -0.25) is 9.69 Å². The second-order valence-electron chi connectivity index (χ2n) is 5.39. The molecular weight excluding hydrogens is 296 g/mol. The van der Waals surface area contributed by atoms with E-state index >= 15 is 0 Å². The van der Waals surface area contributed by atoms with Crippen LogP contribution in [0, 0.1) is 0 Å². The van der Waals surface area contributed by atoms with E-state index in [1.54, 1.807) is 4.90 Å². The summed E-state index contributed by atoms with van der Waals surface area (Å²) >= 11 is 1.43. The maximum atomic E-state index is 12.1. The minimum Gasteiger partial charge on any atom is -0.363 e. The van der Waals surface area contributed by atoms with Crippen molar-refractivity contribution >= 4 is 28.4 Å². The van der Waals surface area contributed by atoms with Crippen molar-refractivity contribution in [1.82, 2.24) is 0 Å². The first-order valence-corrected chi connectivity index (χ1v) is 7.93. The number of aliphatic imine (C=N–C) groups is 1. The number of fused-ring (bicyclic) bond motifs is 3. The summed E-state index contributed by atoms with van der Waals surface area (Å²) in [6.07, 6.45) is 0. The van der Waals surface area contributed by atoms with Crippen molar-refractivity contribution in [2.24, 2.45) is 4.99 Å². The molecule has 110 valence electrons. The molecule has 0 saturated carbocycles. The van der Waals surface area contributed by atoms with Crippen LogP contribution < -0.4 is 4.90 Å². The molecule has 2 aliphatic heterocycles. The fourth-order valence-corrected chi connectivity index (χ4v) is 4.41. The van der Waals surface area contributed by atoms with Crippen molar-refractivity contribution in [2.45, 2.75) is 18.0 Å². The van der Waals surface area contributed by atoms with Crippen LogP contribution in [0.15, 0.2) is 59.6 Å². The summed E-state index contributed by atoms with van der Waals surface area (Å²) in [6.45, 7) is 1.52. The lowest BCUT2D eigenvalue weighted by Crippen LogP contribution is -2.41. The topological polar surface area (TPSA) is 52.9 Å². The Bertz CT molecular complexity index is 790. The number of carbonyl (C=O) groups excluding carboxylic acids is 1. The van der Waals surface area contributed by atoms with Crippen molar-refractivity contribution in [3.8, 4) is 0 Å². The summed E-state index contributed by atoms with van der Waals surface area (Å²) in [7, 11) is 0.